The van der Waals surface area contributed by atoms with Crippen LogP contribution in [0, 0.1) is 5.41 Å². The lowest BCUT2D eigenvalue weighted by Gasteiger charge is -2.36. The fourth-order valence-electron chi connectivity index (χ4n) is 2.02. The Morgan fingerprint density at radius 2 is 2.38 bits per heavy atom. The monoisotopic (exact) mass is 225 g/mol. The number of carboxylic acids is 1. The summed E-state index contributed by atoms with van der Waals surface area (Å²) in [5.41, 5.74) is -1.22. The van der Waals surface area contributed by atoms with Gasteiger partial charge in [0, 0.05) is 13.1 Å². The molecule has 1 N–H and O–H groups in total. The molecule has 0 spiro atoms. The third kappa shape index (κ3) is 2.43. The van der Waals surface area contributed by atoms with Gasteiger partial charge in [0.2, 0.25) is 5.91 Å². The number of carbonyl (C=O) groups excluding carboxylic acids is 1. The highest BCUT2D eigenvalue weighted by Gasteiger charge is 2.45. The molecule has 1 atom stereocenters. The van der Waals surface area contributed by atoms with E-state index in [1.54, 1.807) is 4.90 Å². The van der Waals surface area contributed by atoms with E-state index >= 15 is 0 Å². The van der Waals surface area contributed by atoms with Gasteiger partial charge in [-0.1, -0.05) is 6.08 Å². The molecule has 1 amide bonds. The van der Waals surface area contributed by atoms with Gasteiger partial charge in [0.15, 0.2) is 0 Å². The molecular formula is C12H19NO3. The maximum Gasteiger partial charge on any atom is 0.318 e. The number of aliphatic carboxylic acids is 1. The molecule has 4 heteroatoms. The summed E-state index contributed by atoms with van der Waals surface area (Å²) in [6.45, 7) is 6.46. The number of nitrogens with zero attached hydrogens (tertiary/aromatic N) is 1. The second-order valence-corrected chi connectivity index (χ2v) is 4.46. The first-order chi connectivity index (χ1) is 7.52. The highest BCUT2D eigenvalue weighted by Crippen LogP contribution is 2.31. The van der Waals surface area contributed by atoms with Crippen LogP contribution in [-0.4, -0.2) is 35.0 Å². The largest absolute Gasteiger partial charge is 0.480 e. The van der Waals surface area contributed by atoms with Crippen molar-refractivity contribution in [1.82, 2.24) is 4.90 Å². The molecule has 0 aliphatic carbocycles. The van der Waals surface area contributed by atoms with E-state index in [0.29, 0.717) is 19.5 Å². The molecule has 0 aromatic carbocycles. The Morgan fingerprint density at radius 3 is 2.94 bits per heavy atom. The normalized spacial score (nSPS) is 25.6. The smallest absolute Gasteiger partial charge is 0.318 e. The predicted molar refractivity (Wildman–Crippen MR) is 61.0 cm³/mol. The first-order valence-electron chi connectivity index (χ1n) is 5.66. The average Bonchev–Trinajstić information content (AvgIpc) is 2.24. The van der Waals surface area contributed by atoms with Crippen LogP contribution in [0.1, 0.15) is 32.6 Å². The van der Waals surface area contributed by atoms with E-state index in [4.69, 9.17) is 5.11 Å². The molecule has 1 rings (SSSR count). The maximum atomic E-state index is 12.0. The van der Waals surface area contributed by atoms with E-state index in [1.807, 2.05) is 6.08 Å². The van der Waals surface area contributed by atoms with Gasteiger partial charge in [0.25, 0.3) is 0 Å². The molecule has 1 aliphatic heterocycles. The van der Waals surface area contributed by atoms with Crippen LogP contribution >= 0.6 is 0 Å². The second-order valence-electron chi connectivity index (χ2n) is 4.46. The summed E-state index contributed by atoms with van der Waals surface area (Å²) in [6, 6.07) is 0. The zero-order valence-electron chi connectivity index (χ0n) is 9.74. The quantitative estimate of drug-likeness (QED) is 0.440. The van der Waals surface area contributed by atoms with Gasteiger partial charge in [-0.2, -0.15) is 0 Å². The van der Waals surface area contributed by atoms with Gasteiger partial charge < -0.3 is 10.0 Å². The average molecular weight is 225 g/mol. The highest BCUT2D eigenvalue weighted by molar-refractivity contribution is 6.01. The molecule has 0 radical (unpaired) electrons. The van der Waals surface area contributed by atoms with Gasteiger partial charge in [-0.15, -0.1) is 6.58 Å². The minimum absolute atomic E-state index is 0.240. The van der Waals surface area contributed by atoms with E-state index in [0.717, 1.165) is 19.3 Å². The number of carboxylic acid groups (broad SMARTS) is 1. The van der Waals surface area contributed by atoms with Crippen LogP contribution in [0.15, 0.2) is 12.7 Å². The minimum atomic E-state index is -1.22. The van der Waals surface area contributed by atoms with E-state index < -0.39 is 11.4 Å². The lowest BCUT2D eigenvalue weighted by molar-refractivity contribution is -0.163. The Morgan fingerprint density at radius 1 is 1.69 bits per heavy atom. The lowest BCUT2D eigenvalue weighted by Crippen LogP contribution is -2.51. The Kier molecular flexibility index (Phi) is 4.10. The number of hydrogen-bond donors (Lipinski definition) is 1. The number of unbranched alkanes of at least 4 members (excludes halogenated alkanes) is 1. The molecule has 1 saturated heterocycles. The van der Waals surface area contributed by atoms with Crippen molar-refractivity contribution in [2.45, 2.75) is 32.6 Å². The zero-order valence-corrected chi connectivity index (χ0v) is 9.74. The number of hydrogen-bond acceptors (Lipinski definition) is 2. The Hall–Kier alpha value is -1.32. The van der Waals surface area contributed by atoms with Crippen molar-refractivity contribution in [3.05, 3.63) is 12.7 Å². The van der Waals surface area contributed by atoms with Crippen molar-refractivity contribution in [1.29, 1.82) is 0 Å². The Balaban J connectivity index is 2.64. The first-order valence-corrected chi connectivity index (χ1v) is 5.66. The Labute approximate surface area is 95.9 Å². The molecule has 4 nitrogen and oxygen atoms in total. The standard InChI is InChI=1S/C12H19NO3/c1-3-4-5-8-13-9-6-7-12(2,10(13)14)11(15)16/h3H,1,4-9H2,2H3,(H,15,16). The second kappa shape index (κ2) is 5.14. The molecule has 0 aromatic heterocycles. The van der Waals surface area contributed by atoms with Crippen molar-refractivity contribution in [3.8, 4) is 0 Å². The number of rotatable bonds is 5. The van der Waals surface area contributed by atoms with Crippen molar-refractivity contribution in [3.63, 3.8) is 0 Å². The van der Waals surface area contributed by atoms with Crippen LogP contribution in [0.25, 0.3) is 0 Å². The number of allylic oxidation sites excluding steroid dienone is 1. The van der Waals surface area contributed by atoms with Crippen molar-refractivity contribution in [2.24, 2.45) is 5.41 Å². The maximum absolute atomic E-state index is 12.0. The fourth-order valence-corrected chi connectivity index (χ4v) is 2.02. The van der Waals surface area contributed by atoms with Crippen molar-refractivity contribution < 1.29 is 14.7 Å². The molecule has 0 aromatic rings. The fraction of sp³-hybridized carbons (Fsp3) is 0.667. The van der Waals surface area contributed by atoms with Crippen LogP contribution in [0.3, 0.4) is 0 Å². The molecule has 90 valence electrons. The summed E-state index contributed by atoms with van der Waals surface area (Å²) >= 11 is 0. The third-order valence-electron chi connectivity index (χ3n) is 3.17. The number of carbonyl (C=O) groups is 2. The van der Waals surface area contributed by atoms with Gasteiger partial charge >= 0.3 is 5.97 Å². The van der Waals surface area contributed by atoms with Gasteiger partial charge in [0.05, 0.1) is 0 Å². The van der Waals surface area contributed by atoms with Gasteiger partial charge in [0.1, 0.15) is 5.41 Å². The summed E-state index contributed by atoms with van der Waals surface area (Å²) in [5.74, 6) is -1.25. The molecular weight excluding hydrogens is 206 g/mol. The number of likely N-dealkylation sites (tertiary alicyclic amines) is 1. The van der Waals surface area contributed by atoms with Crippen LogP contribution in [0.4, 0.5) is 0 Å². The SMILES string of the molecule is C=CCCCN1CCCC(C)(C(=O)O)C1=O. The summed E-state index contributed by atoms with van der Waals surface area (Å²) < 4.78 is 0. The van der Waals surface area contributed by atoms with Crippen LogP contribution in [-0.2, 0) is 9.59 Å². The van der Waals surface area contributed by atoms with E-state index in [1.165, 1.54) is 6.92 Å². The molecule has 16 heavy (non-hydrogen) atoms. The van der Waals surface area contributed by atoms with Gasteiger partial charge in [-0.05, 0) is 32.6 Å². The Bertz CT molecular complexity index is 301. The van der Waals surface area contributed by atoms with Crippen LogP contribution in [0.5, 0.6) is 0 Å². The predicted octanol–water partition coefficient (Wildman–Crippen LogP) is 1.67. The van der Waals surface area contributed by atoms with Crippen LogP contribution < -0.4 is 0 Å². The van der Waals surface area contributed by atoms with Crippen LogP contribution in [0.2, 0.25) is 0 Å². The third-order valence-corrected chi connectivity index (χ3v) is 3.17. The zero-order chi connectivity index (χ0) is 12.2. The number of piperidine rings is 1. The van der Waals surface area contributed by atoms with Crippen molar-refractivity contribution >= 4 is 11.9 Å². The number of amides is 1. The summed E-state index contributed by atoms with van der Waals surface area (Å²) in [4.78, 5) is 24.8. The first kappa shape index (κ1) is 12.7. The molecule has 0 saturated carbocycles. The van der Waals surface area contributed by atoms with E-state index in [-0.39, 0.29) is 5.91 Å². The molecule has 1 unspecified atom stereocenters. The molecule has 1 heterocycles. The van der Waals surface area contributed by atoms with E-state index in [2.05, 4.69) is 6.58 Å². The molecule has 0 bridgehead atoms. The van der Waals surface area contributed by atoms with E-state index in [9.17, 15) is 9.59 Å². The summed E-state index contributed by atoms with van der Waals surface area (Å²) in [6.07, 6.45) is 4.73. The topological polar surface area (TPSA) is 57.6 Å². The minimum Gasteiger partial charge on any atom is -0.480 e. The van der Waals surface area contributed by atoms with Gasteiger partial charge in [-0.3, -0.25) is 9.59 Å². The highest BCUT2D eigenvalue weighted by atomic mass is 16.4. The van der Waals surface area contributed by atoms with Gasteiger partial charge in [-0.25, -0.2) is 0 Å². The lowest BCUT2D eigenvalue weighted by atomic mass is 9.81. The summed E-state index contributed by atoms with van der Waals surface area (Å²) in [7, 11) is 0. The van der Waals surface area contributed by atoms with Crippen molar-refractivity contribution in [2.75, 3.05) is 13.1 Å². The molecule has 1 aliphatic rings. The summed E-state index contributed by atoms with van der Waals surface area (Å²) in [5, 5.41) is 9.09. The molecule has 1 fully saturated rings.